The molecular formula is C8H16N4O2S. The summed E-state index contributed by atoms with van der Waals surface area (Å²) in [5.74, 6) is 0. The first kappa shape index (κ1) is 12.4. The average molecular weight is 232 g/mol. The van der Waals surface area contributed by atoms with Crippen molar-refractivity contribution in [1.29, 1.82) is 5.26 Å². The SMILES string of the molecule is CN(CCC#N)S(=O)(=O)N1CC[C@H](N)C1. The Kier molecular flexibility index (Phi) is 4.04. The van der Waals surface area contributed by atoms with Crippen LogP contribution in [0, 0.1) is 11.3 Å². The Bertz CT molecular complexity index is 348. The summed E-state index contributed by atoms with van der Waals surface area (Å²) in [6.45, 7) is 1.07. The molecule has 1 heterocycles. The lowest BCUT2D eigenvalue weighted by molar-refractivity contribution is 0.396. The molecule has 0 bridgehead atoms. The maximum Gasteiger partial charge on any atom is 0.281 e. The number of nitrogens with two attached hydrogens (primary N) is 1. The van der Waals surface area contributed by atoms with Gasteiger partial charge in [0.15, 0.2) is 0 Å². The summed E-state index contributed by atoms with van der Waals surface area (Å²) in [5, 5.41) is 8.38. The van der Waals surface area contributed by atoms with Crippen molar-refractivity contribution < 1.29 is 8.42 Å². The fraction of sp³-hybridized carbons (Fsp3) is 0.875. The molecule has 0 unspecified atom stereocenters. The molecule has 1 atom stereocenters. The summed E-state index contributed by atoms with van der Waals surface area (Å²) in [5.41, 5.74) is 5.65. The fourth-order valence-electron chi connectivity index (χ4n) is 1.48. The predicted molar refractivity (Wildman–Crippen MR) is 55.9 cm³/mol. The molecule has 0 amide bonds. The van der Waals surface area contributed by atoms with Gasteiger partial charge in [0.1, 0.15) is 0 Å². The quantitative estimate of drug-likeness (QED) is 0.680. The number of hydrogen-bond donors (Lipinski definition) is 1. The summed E-state index contributed by atoms with van der Waals surface area (Å²) in [7, 11) is -1.93. The van der Waals surface area contributed by atoms with Crippen LogP contribution in [0.4, 0.5) is 0 Å². The van der Waals surface area contributed by atoms with E-state index in [1.54, 1.807) is 0 Å². The molecule has 15 heavy (non-hydrogen) atoms. The van der Waals surface area contributed by atoms with Gasteiger partial charge in [-0.15, -0.1) is 0 Å². The van der Waals surface area contributed by atoms with Crippen molar-refractivity contribution in [3.63, 3.8) is 0 Å². The minimum Gasteiger partial charge on any atom is -0.326 e. The smallest absolute Gasteiger partial charge is 0.281 e. The van der Waals surface area contributed by atoms with Crippen LogP contribution in [0.25, 0.3) is 0 Å². The molecule has 1 aliphatic rings. The van der Waals surface area contributed by atoms with Crippen LogP contribution in [0.5, 0.6) is 0 Å². The van der Waals surface area contributed by atoms with E-state index in [-0.39, 0.29) is 19.0 Å². The monoisotopic (exact) mass is 232 g/mol. The normalized spacial score (nSPS) is 23.2. The molecule has 0 aromatic carbocycles. The van der Waals surface area contributed by atoms with Gasteiger partial charge in [0.25, 0.3) is 10.2 Å². The number of rotatable bonds is 4. The Morgan fingerprint density at radius 3 is 2.80 bits per heavy atom. The standard InChI is InChI=1S/C8H16N4O2S/c1-11(5-2-4-9)15(13,14)12-6-3-8(10)7-12/h8H,2-3,5-7,10H2,1H3/t8-/m0/s1. The van der Waals surface area contributed by atoms with Crippen LogP contribution in [0.1, 0.15) is 12.8 Å². The molecule has 7 heteroatoms. The van der Waals surface area contributed by atoms with Gasteiger partial charge in [-0.2, -0.15) is 22.3 Å². The molecule has 1 fully saturated rings. The van der Waals surface area contributed by atoms with E-state index in [1.807, 2.05) is 6.07 Å². The van der Waals surface area contributed by atoms with Crippen molar-refractivity contribution in [2.75, 3.05) is 26.7 Å². The molecule has 0 radical (unpaired) electrons. The van der Waals surface area contributed by atoms with Gasteiger partial charge in [-0.05, 0) is 6.42 Å². The predicted octanol–water partition coefficient (Wildman–Crippen LogP) is -0.890. The summed E-state index contributed by atoms with van der Waals surface area (Å²) >= 11 is 0. The van der Waals surface area contributed by atoms with Gasteiger partial charge >= 0.3 is 0 Å². The molecule has 1 rings (SSSR count). The Morgan fingerprint density at radius 2 is 2.33 bits per heavy atom. The van der Waals surface area contributed by atoms with Crippen molar-refractivity contribution in [2.45, 2.75) is 18.9 Å². The van der Waals surface area contributed by atoms with Gasteiger partial charge in [-0.25, -0.2) is 0 Å². The molecule has 2 N–H and O–H groups in total. The van der Waals surface area contributed by atoms with E-state index in [2.05, 4.69) is 0 Å². The topological polar surface area (TPSA) is 90.4 Å². The van der Waals surface area contributed by atoms with Crippen LogP contribution in [0.2, 0.25) is 0 Å². The number of nitrogens with zero attached hydrogens (tertiary/aromatic N) is 3. The van der Waals surface area contributed by atoms with E-state index >= 15 is 0 Å². The van der Waals surface area contributed by atoms with Crippen molar-refractivity contribution in [2.24, 2.45) is 5.73 Å². The molecule has 6 nitrogen and oxygen atoms in total. The molecular weight excluding hydrogens is 216 g/mol. The second-order valence-corrected chi connectivity index (χ2v) is 5.68. The van der Waals surface area contributed by atoms with Gasteiger partial charge in [-0.3, -0.25) is 0 Å². The third kappa shape index (κ3) is 2.89. The van der Waals surface area contributed by atoms with Gasteiger partial charge in [0.05, 0.1) is 6.07 Å². The zero-order chi connectivity index (χ0) is 11.5. The van der Waals surface area contributed by atoms with Crippen LogP contribution >= 0.6 is 0 Å². The third-order valence-electron chi connectivity index (χ3n) is 2.45. The summed E-state index contributed by atoms with van der Waals surface area (Å²) in [6.07, 6.45) is 0.904. The van der Waals surface area contributed by atoms with Crippen molar-refractivity contribution >= 4 is 10.2 Å². The largest absolute Gasteiger partial charge is 0.326 e. The fourth-order valence-corrected chi connectivity index (χ4v) is 2.92. The first-order chi connectivity index (χ1) is 6.98. The minimum absolute atomic E-state index is 0.0656. The lowest BCUT2D eigenvalue weighted by Gasteiger charge is -2.23. The average Bonchev–Trinajstić information content (AvgIpc) is 2.61. The number of nitriles is 1. The van der Waals surface area contributed by atoms with E-state index in [0.717, 1.165) is 0 Å². The molecule has 1 aliphatic heterocycles. The van der Waals surface area contributed by atoms with Gasteiger partial charge in [-0.1, -0.05) is 0 Å². The van der Waals surface area contributed by atoms with Crippen LogP contribution in [-0.4, -0.2) is 49.8 Å². The maximum absolute atomic E-state index is 11.9. The van der Waals surface area contributed by atoms with E-state index in [0.29, 0.717) is 19.5 Å². The van der Waals surface area contributed by atoms with Gasteiger partial charge in [0, 0.05) is 39.1 Å². The Hall–Kier alpha value is -0.680. The molecule has 1 saturated heterocycles. The molecule has 0 saturated carbocycles. The second-order valence-electron chi connectivity index (χ2n) is 3.64. The Balaban J connectivity index is 2.62. The van der Waals surface area contributed by atoms with Crippen molar-refractivity contribution in [3.05, 3.63) is 0 Å². The lowest BCUT2D eigenvalue weighted by Crippen LogP contribution is -2.42. The lowest BCUT2D eigenvalue weighted by atomic mass is 10.3. The van der Waals surface area contributed by atoms with Crippen LogP contribution in [0.15, 0.2) is 0 Å². The summed E-state index contributed by atoms with van der Waals surface area (Å²) < 4.78 is 26.3. The first-order valence-corrected chi connectivity index (χ1v) is 6.22. The highest BCUT2D eigenvalue weighted by Crippen LogP contribution is 2.14. The van der Waals surface area contributed by atoms with Crippen LogP contribution in [-0.2, 0) is 10.2 Å². The molecule has 0 aromatic rings. The van der Waals surface area contributed by atoms with E-state index in [1.165, 1.54) is 15.7 Å². The minimum atomic E-state index is -3.41. The van der Waals surface area contributed by atoms with Crippen LogP contribution in [0.3, 0.4) is 0 Å². The van der Waals surface area contributed by atoms with Gasteiger partial charge in [0.2, 0.25) is 0 Å². The highest BCUT2D eigenvalue weighted by molar-refractivity contribution is 7.86. The highest BCUT2D eigenvalue weighted by atomic mass is 32.2. The van der Waals surface area contributed by atoms with E-state index in [4.69, 9.17) is 11.0 Å². The van der Waals surface area contributed by atoms with Crippen molar-refractivity contribution in [1.82, 2.24) is 8.61 Å². The summed E-state index contributed by atoms with van der Waals surface area (Å²) in [4.78, 5) is 0. The zero-order valence-electron chi connectivity index (χ0n) is 8.76. The second kappa shape index (κ2) is 4.90. The first-order valence-electron chi connectivity index (χ1n) is 4.82. The molecule has 86 valence electrons. The molecule has 0 spiro atoms. The zero-order valence-corrected chi connectivity index (χ0v) is 9.57. The Morgan fingerprint density at radius 1 is 1.67 bits per heavy atom. The van der Waals surface area contributed by atoms with Gasteiger partial charge < -0.3 is 5.73 Å². The number of hydrogen-bond acceptors (Lipinski definition) is 4. The van der Waals surface area contributed by atoms with Crippen LogP contribution < -0.4 is 5.73 Å². The highest BCUT2D eigenvalue weighted by Gasteiger charge is 2.32. The molecule has 0 aromatic heterocycles. The summed E-state index contributed by atoms with van der Waals surface area (Å²) in [6, 6.07) is 1.86. The third-order valence-corrected chi connectivity index (χ3v) is 4.40. The molecule has 0 aliphatic carbocycles. The van der Waals surface area contributed by atoms with E-state index < -0.39 is 10.2 Å². The van der Waals surface area contributed by atoms with Crippen molar-refractivity contribution in [3.8, 4) is 6.07 Å². The Labute approximate surface area is 90.4 Å². The maximum atomic E-state index is 11.9. The van der Waals surface area contributed by atoms with E-state index in [9.17, 15) is 8.42 Å².